The lowest BCUT2D eigenvalue weighted by Crippen LogP contribution is -2.03. The minimum Gasteiger partial charge on any atom is -0.365 e. The van der Waals surface area contributed by atoms with Crippen LogP contribution in [0.25, 0.3) is 10.2 Å². The summed E-state index contributed by atoms with van der Waals surface area (Å²) in [5.74, 6) is 0.812. The minimum absolute atomic E-state index is 0.287. The van der Waals surface area contributed by atoms with Crippen LogP contribution in [0.15, 0.2) is 24.3 Å². The molecule has 0 aliphatic carbocycles. The number of thiophene rings is 1. The van der Waals surface area contributed by atoms with Crippen LogP contribution in [0.5, 0.6) is 0 Å². The molecule has 0 spiro atoms. The Kier molecular flexibility index (Phi) is 3.83. The molecule has 0 aliphatic heterocycles. The number of nitrogens with one attached hydrogen (secondary N) is 1. The summed E-state index contributed by atoms with van der Waals surface area (Å²) in [6.07, 6.45) is 0. The number of aromatic nitrogens is 2. The molecule has 3 aromatic rings. The summed E-state index contributed by atoms with van der Waals surface area (Å²) in [4.78, 5) is 10.9. The quantitative estimate of drug-likeness (QED) is 0.699. The number of nitrogens with zero attached hydrogens (tertiary/aromatic N) is 2. The third-order valence-corrected chi connectivity index (χ3v) is 4.85. The van der Waals surface area contributed by atoms with E-state index in [4.69, 9.17) is 11.6 Å². The van der Waals surface area contributed by atoms with E-state index in [1.54, 1.807) is 11.3 Å². The van der Waals surface area contributed by atoms with Gasteiger partial charge in [0, 0.05) is 11.4 Å². The highest BCUT2D eigenvalue weighted by Gasteiger charge is 2.13. The molecule has 0 saturated carbocycles. The highest BCUT2D eigenvalue weighted by atomic mass is 35.5. The Morgan fingerprint density at radius 2 is 1.81 bits per heavy atom. The van der Waals surface area contributed by atoms with Gasteiger partial charge < -0.3 is 5.32 Å². The summed E-state index contributed by atoms with van der Waals surface area (Å²) in [7, 11) is 0. The molecule has 3 nitrogen and oxygen atoms in total. The second-order valence-electron chi connectivity index (χ2n) is 5.14. The number of fused-ring (bicyclic) bond motifs is 1. The van der Waals surface area contributed by atoms with Gasteiger partial charge in [0.05, 0.1) is 5.39 Å². The van der Waals surface area contributed by atoms with Gasteiger partial charge in [-0.15, -0.1) is 11.3 Å². The van der Waals surface area contributed by atoms with Crippen molar-refractivity contribution in [1.82, 2.24) is 9.97 Å². The second-order valence-corrected chi connectivity index (χ2v) is 6.69. The van der Waals surface area contributed by atoms with Crippen LogP contribution in [-0.2, 0) is 6.54 Å². The number of rotatable bonds is 3. The van der Waals surface area contributed by atoms with Crippen molar-refractivity contribution in [3.05, 3.63) is 51.1 Å². The van der Waals surface area contributed by atoms with Gasteiger partial charge in [0.25, 0.3) is 0 Å². The third-order valence-electron chi connectivity index (χ3n) is 3.58. The molecule has 0 radical (unpaired) electrons. The van der Waals surface area contributed by atoms with Gasteiger partial charge in [-0.3, -0.25) is 0 Å². The first kappa shape index (κ1) is 14.3. The monoisotopic (exact) mass is 317 g/mol. The van der Waals surface area contributed by atoms with Gasteiger partial charge in [-0.05, 0) is 43.5 Å². The van der Waals surface area contributed by atoms with Crippen LogP contribution in [0.3, 0.4) is 0 Å². The van der Waals surface area contributed by atoms with E-state index in [-0.39, 0.29) is 5.28 Å². The topological polar surface area (TPSA) is 37.8 Å². The molecule has 0 bridgehead atoms. The Morgan fingerprint density at radius 3 is 2.52 bits per heavy atom. The van der Waals surface area contributed by atoms with Gasteiger partial charge in [-0.25, -0.2) is 9.97 Å². The van der Waals surface area contributed by atoms with E-state index in [2.05, 4.69) is 60.3 Å². The highest BCUT2D eigenvalue weighted by molar-refractivity contribution is 7.18. The Labute approximate surface area is 133 Å². The van der Waals surface area contributed by atoms with Crippen molar-refractivity contribution in [2.75, 3.05) is 5.32 Å². The molecule has 0 unspecified atom stereocenters. The van der Waals surface area contributed by atoms with E-state index in [0.29, 0.717) is 0 Å². The summed E-state index contributed by atoms with van der Waals surface area (Å²) < 4.78 is 0. The lowest BCUT2D eigenvalue weighted by atomic mass is 10.1. The lowest BCUT2D eigenvalue weighted by Gasteiger charge is -2.08. The average molecular weight is 318 g/mol. The zero-order valence-electron chi connectivity index (χ0n) is 12.2. The smallest absolute Gasteiger partial charge is 0.225 e. The molecule has 5 heteroatoms. The van der Waals surface area contributed by atoms with Crippen LogP contribution in [0, 0.1) is 20.8 Å². The molecule has 0 fully saturated rings. The first-order chi connectivity index (χ1) is 10.0. The van der Waals surface area contributed by atoms with Gasteiger partial charge in [0.15, 0.2) is 0 Å². The maximum Gasteiger partial charge on any atom is 0.225 e. The van der Waals surface area contributed by atoms with Crippen LogP contribution in [-0.4, -0.2) is 9.97 Å². The molecule has 2 heterocycles. The minimum atomic E-state index is 0.287. The Balaban J connectivity index is 1.94. The molecule has 1 aromatic carbocycles. The molecule has 0 aliphatic rings. The first-order valence-electron chi connectivity index (χ1n) is 6.77. The van der Waals surface area contributed by atoms with E-state index in [1.807, 2.05) is 0 Å². The van der Waals surface area contributed by atoms with E-state index < -0.39 is 0 Å². The molecule has 108 valence electrons. The fourth-order valence-corrected chi connectivity index (χ4v) is 3.49. The van der Waals surface area contributed by atoms with Crippen molar-refractivity contribution in [2.24, 2.45) is 0 Å². The second kappa shape index (κ2) is 5.62. The molecular weight excluding hydrogens is 302 g/mol. The van der Waals surface area contributed by atoms with Crippen LogP contribution in [0.4, 0.5) is 5.82 Å². The standard InChI is InChI=1S/C16H16ClN3S/c1-9-4-6-12(7-5-9)8-18-14-13-10(2)11(3)21-15(13)20-16(17)19-14/h4-7H,8H2,1-3H3,(H,18,19,20). The summed E-state index contributed by atoms with van der Waals surface area (Å²) in [5.41, 5.74) is 3.70. The van der Waals surface area contributed by atoms with Gasteiger partial charge in [-0.1, -0.05) is 29.8 Å². The normalized spacial score (nSPS) is 11.0. The van der Waals surface area contributed by atoms with Gasteiger partial charge in [0.2, 0.25) is 5.28 Å². The Hall–Kier alpha value is -1.65. The molecule has 2 aromatic heterocycles. The molecule has 1 N–H and O–H groups in total. The molecule has 0 saturated heterocycles. The summed E-state index contributed by atoms with van der Waals surface area (Å²) in [5, 5.41) is 4.75. The van der Waals surface area contributed by atoms with Crippen LogP contribution < -0.4 is 5.32 Å². The lowest BCUT2D eigenvalue weighted by molar-refractivity contribution is 1.10. The van der Waals surface area contributed by atoms with Crippen LogP contribution >= 0.6 is 22.9 Å². The molecule has 0 atom stereocenters. The van der Waals surface area contributed by atoms with Crippen LogP contribution in [0.2, 0.25) is 5.28 Å². The number of halogens is 1. The summed E-state index contributed by atoms with van der Waals surface area (Å²) in [6, 6.07) is 8.46. The van der Waals surface area contributed by atoms with Gasteiger partial charge >= 0.3 is 0 Å². The van der Waals surface area contributed by atoms with Crippen molar-refractivity contribution in [3.63, 3.8) is 0 Å². The van der Waals surface area contributed by atoms with Crippen molar-refractivity contribution < 1.29 is 0 Å². The summed E-state index contributed by atoms with van der Waals surface area (Å²) in [6.45, 7) is 7.00. The largest absolute Gasteiger partial charge is 0.365 e. The number of benzene rings is 1. The zero-order chi connectivity index (χ0) is 15.0. The predicted molar refractivity (Wildman–Crippen MR) is 90.4 cm³/mol. The maximum absolute atomic E-state index is 6.03. The molecule has 3 rings (SSSR count). The SMILES string of the molecule is Cc1ccc(CNc2nc(Cl)nc3sc(C)c(C)c23)cc1. The van der Waals surface area contributed by atoms with Crippen molar-refractivity contribution in [3.8, 4) is 0 Å². The Morgan fingerprint density at radius 1 is 1.10 bits per heavy atom. The Bertz CT molecular complexity index is 793. The highest BCUT2D eigenvalue weighted by Crippen LogP contribution is 2.34. The number of hydrogen-bond donors (Lipinski definition) is 1. The number of hydrogen-bond acceptors (Lipinski definition) is 4. The van der Waals surface area contributed by atoms with Crippen molar-refractivity contribution in [1.29, 1.82) is 0 Å². The van der Waals surface area contributed by atoms with E-state index in [1.165, 1.54) is 21.6 Å². The zero-order valence-corrected chi connectivity index (χ0v) is 13.8. The van der Waals surface area contributed by atoms with Gasteiger partial charge in [-0.2, -0.15) is 0 Å². The molecular formula is C16H16ClN3S. The first-order valence-corrected chi connectivity index (χ1v) is 7.96. The van der Waals surface area contributed by atoms with E-state index in [0.717, 1.165) is 22.6 Å². The van der Waals surface area contributed by atoms with Crippen molar-refractivity contribution >= 4 is 39.0 Å². The van der Waals surface area contributed by atoms with Crippen LogP contribution in [0.1, 0.15) is 21.6 Å². The number of anilines is 1. The predicted octanol–water partition coefficient (Wildman–Crippen LogP) is 4.88. The van der Waals surface area contributed by atoms with E-state index >= 15 is 0 Å². The fraction of sp³-hybridized carbons (Fsp3) is 0.250. The fourth-order valence-electron chi connectivity index (χ4n) is 2.24. The maximum atomic E-state index is 6.03. The van der Waals surface area contributed by atoms with Gasteiger partial charge in [0.1, 0.15) is 10.6 Å². The van der Waals surface area contributed by atoms with E-state index in [9.17, 15) is 0 Å². The molecule has 0 amide bonds. The summed E-state index contributed by atoms with van der Waals surface area (Å²) >= 11 is 7.69. The molecule has 21 heavy (non-hydrogen) atoms. The average Bonchev–Trinajstić information content (AvgIpc) is 2.73. The number of aryl methyl sites for hydroxylation is 3. The third kappa shape index (κ3) is 2.87. The van der Waals surface area contributed by atoms with Crippen molar-refractivity contribution in [2.45, 2.75) is 27.3 Å².